The molecule has 5 heteroatoms. The van der Waals surface area contributed by atoms with Crippen LogP contribution in [-0.2, 0) is 17.8 Å². The van der Waals surface area contributed by atoms with Crippen molar-refractivity contribution in [3.63, 3.8) is 0 Å². The molecule has 1 aromatic heterocycles. The molecule has 1 amide bonds. The lowest BCUT2D eigenvalue weighted by atomic mass is 10.0. The largest absolute Gasteiger partial charge is 0.338 e. The third-order valence-corrected chi connectivity index (χ3v) is 4.09. The van der Waals surface area contributed by atoms with Crippen LogP contribution in [0.15, 0.2) is 48.7 Å². The van der Waals surface area contributed by atoms with Gasteiger partial charge in [0.2, 0.25) is 5.91 Å². The van der Waals surface area contributed by atoms with Crippen LogP contribution in [0.2, 0.25) is 0 Å². The molecule has 1 saturated heterocycles. The summed E-state index contributed by atoms with van der Waals surface area (Å²) in [7, 11) is 0. The molecule has 120 valence electrons. The second kappa shape index (κ2) is 7.33. The van der Waals surface area contributed by atoms with Crippen molar-refractivity contribution < 1.29 is 9.18 Å². The van der Waals surface area contributed by atoms with Crippen LogP contribution < -0.4 is 5.32 Å². The summed E-state index contributed by atoms with van der Waals surface area (Å²) in [5.74, 6) is -0.0495. The molecule has 1 aromatic carbocycles. The van der Waals surface area contributed by atoms with Crippen molar-refractivity contribution >= 4 is 5.91 Å². The zero-order valence-electron chi connectivity index (χ0n) is 12.9. The number of nitrogens with one attached hydrogen (secondary N) is 1. The molecule has 3 rings (SSSR count). The van der Waals surface area contributed by atoms with E-state index in [-0.39, 0.29) is 17.6 Å². The summed E-state index contributed by atoms with van der Waals surface area (Å²) in [4.78, 5) is 18.8. The van der Waals surface area contributed by atoms with Crippen molar-refractivity contribution in [3.05, 3.63) is 65.7 Å². The number of hydrogen-bond acceptors (Lipinski definition) is 3. The highest BCUT2D eigenvalue weighted by Crippen LogP contribution is 2.14. The summed E-state index contributed by atoms with van der Waals surface area (Å²) >= 11 is 0. The Morgan fingerprint density at radius 2 is 2.00 bits per heavy atom. The Morgan fingerprint density at radius 3 is 2.61 bits per heavy atom. The molecule has 0 saturated carbocycles. The maximum atomic E-state index is 13.0. The zero-order chi connectivity index (χ0) is 16.1. The molecule has 2 heterocycles. The van der Waals surface area contributed by atoms with Gasteiger partial charge in [-0.2, -0.15) is 0 Å². The number of nitrogens with zero attached hydrogens (tertiary/aromatic N) is 2. The zero-order valence-corrected chi connectivity index (χ0v) is 12.9. The van der Waals surface area contributed by atoms with Crippen molar-refractivity contribution in [2.24, 2.45) is 5.92 Å². The number of amides is 1. The van der Waals surface area contributed by atoms with Gasteiger partial charge >= 0.3 is 0 Å². The van der Waals surface area contributed by atoms with Gasteiger partial charge in [0.15, 0.2) is 0 Å². The molecule has 0 bridgehead atoms. The Labute approximate surface area is 135 Å². The fourth-order valence-corrected chi connectivity index (χ4v) is 2.59. The van der Waals surface area contributed by atoms with Crippen molar-refractivity contribution in [1.82, 2.24) is 15.2 Å². The van der Waals surface area contributed by atoms with Crippen LogP contribution in [0.25, 0.3) is 0 Å². The van der Waals surface area contributed by atoms with Crippen molar-refractivity contribution in [1.29, 1.82) is 0 Å². The van der Waals surface area contributed by atoms with Gasteiger partial charge in [0, 0.05) is 44.5 Å². The second-order valence-electron chi connectivity index (χ2n) is 5.81. The molecular formula is C18H20FN3O. The quantitative estimate of drug-likeness (QED) is 0.887. The molecule has 4 nitrogen and oxygen atoms in total. The van der Waals surface area contributed by atoms with Crippen LogP contribution >= 0.6 is 0 Å². The van der Waals surface area contributed by atoms with Gasteiger partial charge in [0.05, 0.1) is 5.92 Å². The third-order valence-electron chi connectivity index (χ3n) is 4.09. The van der Waals surface area contributed by atoms with Gasteiger partial charge in [0.25, 0.3) is 0 Å². The normalized spacial score (nSPS) is 14.3. The first-order valence-corrected chi connectivity index (χ1v) is 7.86. The van der Waals surface area contributed by atoms with E-state index in [0.29, 0.717) is 19.5 Å². The number of hydrogen-bond donors (Lipinski definition) is 1. The number of rotatable bonds is 6. The minimum Gasteiger partial charge on any atom is -0.338 e. The highest BCUT2D eigenvalue weighted by atomic mass is 19.1. The van der Waals surface area contributed by atoms with Crippen LogP contribution in [0.5, 0.6) is 0 Å². The van der Waals surface area contributed by atoms with Gasteiger partial charge < -0.3 is 10.2 Å². The fourth-order valence-electron chi connectivity index (χ4n) is 2.59. The molecule has 1 N–H and O–H groups in total. The predicted octanol–water partition coefficient (Wildman–Crippen LogP) is 2.01. The first-order chi connectivity index (χ1) is 11.2. The average Bonchev–Trinajstić information content (AvgIpc) is 2.52. The van der Waals surface area contributed by atoms with E-state index in [1.165, 1.54) is 12.1 Å². The van der Waals surface area contributed by atoms with Crippen LogP contribution in [0.3, 0.4) is 0 Å². The Balaban J connectivity index is 1.67. The van der Waals surface area contributed by atoms with Crippen LogP contribution in [0.1, 0.15) is 11.3 Å². The monoisotopic (exact) mass is 313 g/mol. The number of halogens is 1. The average molecular weight is 313 g/mol. The van der Waals surface area contributed by atoms with Crippen molar-refractivity contribution in [2.75, 3.05) is 19.6 Å². The van der Waals surface area contributed by atoms with E-state index in [9.17, 15) is 9.18 Å². The van der Waals surface area contributed by atoms with Crippen molar-refractivity contribution in [3.8, 4) is 0 Å². The van der Waals surface area contributed by atoms with Gasteiger partial charge in [-0.3, -0.25) is 9.78 Å². The van der Waals surface area contributed by atoms with E-state index in [1.54, 1.807) is 18.3 Å². The molecule has 2 aromatic rings. The molecule has 1 aliphatic heterocycles. The first kappa shape index (κ1) is 15.6. The van der Waals surface area contributed by atoms with E-state index in [0.717, 1.165) is 24.3 Å². The van der Waals surface area contributed by atoms with Crippen LogP contribution in [0.4, 0.5) is 4.39 Å². The molecule has 0 spiro atoms. The summed E-state index contributed by atoms with van der Waals surface area (Å²) in [6, 6.07) is 12.1. The Kier molecular flexibility index (Phi) is 4.98. The van der Waals surface area contributed by atoms with E-state index < -0.39 is 0 Å². The number of carbonyl (C=O) groups is 1. The minimum atomic E-state index is -0.261. The molecule has 0 radical (unpaired) electrons. The molecule has 1 aliphatic rings. The molecule has 1 fully saturated rings. The molecule has 0 aliphatic carbocycles. The molecule has 0 atom stereocenters. The Bertz CT molecular complexity index is 641. The number of carbonyl (C=O) groups excluding carboxylic acids is 1. The number of pyridine rings is 1. The first-order valence-electron chi connectivity index (χ1n) is 7.86. The lowest BCUT2D eigenvalue weighted by molar-refractivity contribution is -0.137. The molecule has 0 unspecified atom stereocenters. The van der Waals surface area contributed by atoms with Crippen molar-refractivity contribution in [2.45, 2.75) is 13.0 Å². The summed E-state index contributed by atoms with van der Waals surface area (Å²) < 4.78 is 13.0. The Morgan fingerprint density at radius 1 is 1.22 bits per heavy atom. The van der Waals surface area contributed by atoms with E-state index >= 15 is 0 Å². The van der Waals surface area contributed by atoms with Crippen LogP contribution in [0, 0.1) is 11.7 Å². The smallest absolute Gasteiger partial charge is 0.228 e. The molecular weight excluding hydrogens is 293 g/mol. The van der Waals surface area contributed by atoms with Gasteiger partial charge in [-0.1, -0.05) is 18.2 Å². The van der Waals surface area contributed by atoms with Gasteiger partial charge in [-0.05, 0) is 29.8 Å². The summed E-state index contributed by atoms with van der Waals surface area (Å²) in [6.45, 7) is 2.59. The van der Waals surface area contributed by atoms with Gasteiger partial charge in [-0.15, -0.1) is 0 Å². The topological polar surface area (TPSA) is 45.2 Å². The summed E-state index contributed by atoms with van der Waals surface area (Å²) in [6.07, 6.45) is 2.48. The second-order valence-corrected chi connectivity index (χ2v) is 5.81. The predicted molar refractivity (Wildman–Crippen MR) is 86.1 cm³/mol. The summed E-state index contributed by atoms with van der Waals surface area (Å²) in [5.41, 5.74) is 1.91. The van der Waals surface area contributed by atoms with Crippen LogP contribution in [-0.4, -0.2) is 35.4 Å². The van der Waals surface area contributed by atoms with E-state index in [1.807, 2.05) is 23.1 Å². The maximum absolute atomic E-state index is 13.0. The molecule has 23 heavy (non-hydrogen) atoms. The lowest BCUT2D eigenvalue weighted by Crippen LogP contribution is -2.52. The number of benzene rings is 1. The maximum Gasteiger partial charge on any atom is 0.228 e. The van der Waals surface area contributed by atoms with Gasteiger partial charge in [-0.25, -0.2) is 4.39 Å². The van der Waals surface area contributed by atoms with Gasteiger partial charge in [0.1, 0.15) is 5.82 Å². The highest BCUT2D eigenvalue weighted by Gasteiger charge is 2.29. The van der Waals surface area contributed by atoms with E-state index in [4.69, 9.17) is 0 Å². The third kappa shape index (κ3) is 4.13. The fraction of sp³-hybridized carbons (Fsp3) is 0.333. The summed E-state index contributed by atoms with van der Waals surface area (Å²) in [5, 5.41) is 3.13. The lowest BCUT2D eigenvalue weighted by Gasteiger charge is -2.32. The Hall–Kier alpha value is -2.27. The highest BCUT2D eigenvalue weighted by molar-refractivity contribution is 5.80. The standard InChI is InChI=1S/C18H20FN3O/c19-16-6-4-14(5-7-16)13-22(18(23)15-11-20-12-15)10-8-17-3-1-2-9-21-17/h1-7,9,15,20H,8,10-13H2. The SMILES string of the molecule is O=C(C1CNC1)N(CCc1ccccn1)Cc1ccc(F)cc1. The minimum absolute atomic E-state index is 0.0548. The number of aromatic nitrogens is 1. The van der Waals surface area contributed by atoms with E-state index in [2.05, 4.69) is 10.3 Å².